The molecule has 3 heteroatoms. The van der Waals surface area contributed by atoms with Crippen molar-refractivity contribution >= 4 is 16.6 Å². The van der Waals surface area contributed by atoms with E-state index in [0.29, 0.717) is 5.52 Å². The van der Waals surface area contributed by atoms with Crippen LogP contribution in [0.5, 0.6) is 0 Å². The minimum atomic E-state index is 0.00482. The third kappa shape index (κ3) is 1.79. The predicted octanol–water partition coefficient (Wildman–Crippen LogP) is 3.86. The topological polar surface area (TPSA) is 26.4 Å². The van der Waals surface area contributed by atoms with Gasteiger partial charge in [-0.2, -0.15) is 0 Å². The molecular weight excluding hydrogens is 272 g/mol. The summed E-state index contributed by atoms with van der Waals surface area (Å²) in [6.45, 7) is 4.11. The summed E-state index contributed by atoms with van der Waals surface area (Å²) in [6.07, 6.45) is 1.94. The van der Waals surface area contributed by atoms with Crippen molar-refractivity contribution < 1.29 is 0 Å². The molecule has 108 valence electrons. The Labute approximate surface area is 128 Å². The molecule has 3 nitrogen and oxygen atoms in total. The number of benzene rings is 2. The van der Waals surface area contributed by atoms with Crippen LogP contribution in [0.25, 0.3) is 22.2 Å². The number of nitrogens with zero attached hydrogens (tertiary/aromatic N) is 2. The summed E-state index contributed by atoms with van der Waals surface area (Å²) in [4.78, 5) is 12.9. The van der Waals surface area contributed by atoms with Crippen LogP contribution in [0.4, 0.5) is 0 Å². The van der Waals surface area contributed by atoms with Gasteiger partial charge >= 0.3 is 0 Å². The van der Waals surface area contributed by atoms with E-state index in [1.807, 2.05) is 66.1 Å². The van der Waals surface area contributed by atoms with Crippen molar-refractivity contribution in [3.8, 4) is 5.69 Å². The quantitative estimate of drug-likeness (QED) is 0.522. The summed E-state index contributed by atoms with van der Waals surface area (Å²) in [6, 6.07) is 18.0. The van der Waals surface area contributed by atoms with Gasteiger partial charge in [0.2, 0.25) is 0 Å². The van der Waals surface area contributed by atoms with Crippen molar-refractivity contribution in [3.63, 3.8) is 0 Å². The molecule has 4 aromatic rings. The monoisotopic (exact) mass is 288 g/mol. The standard InChI is InChI=1S/C19H16N2O/c1-13-5-8-15(9-6-13)21-16-10-7-14(2)12-18(16)20-11-3-4-17(20)19(21)22/h3-12H,1-2H3. The zero-order chi connectivity index (χ0) is 15.3. The summed E-state index contributed by atoms with van der Waals surface area (Å²) in [5.41, 5.74) is 5.91. The SMILES string of the molecule is Cc1ccc(-n2c(=O)c3cccn3c3cc(C)ccc32)cc1. The maximum atomic E-state index is 12.9. The van der Waals surface area contributed by atoms with Crippen LogP contribution >= 0.6 is 0 Å². The third-order valence-electron chi connectivity index (χ3n) is 4.09. The predicted molar refractivity (Wildman–Crippen MR) is 90.0 cm³/mol. The molecule has 2 aromatic carbocycles. The van der Waals surface area contributed by atoms with Crippen molar-refractivity contribution in [2.24, 2.45) is 0 Å². The van der Waals surface area contributed by atoms with E-state index in [2.05, 4.69) is 13.0 Å². The molecule has 2 aromatic heterocycles. The van der Waals surface area contributed by atoms with Crippen molar-refractivity contribution in [1.82, 2.24) is 8.97 Å². The van der Waals surface area contributed by atoms with E-state index in [1.54, 1.807) is 4.57 Å². The van der Waals surface area contributed by atoms with Crippen LogP contribution in [0.2, 0.25) is 0 Å². The average molecular weight is 288 g/mol. The van der Waals surface area contributed by atoms with Crippen molar-refractivity contribution in [1.29, 1.82) is 0 Å². The van der Waals surface area contributed by atoms with Gasteiger partial charge in [0.1, 0.15) is 5.52 Å². The number of rotatable bonds is 1. The Hall–Kier alpha value is -2.81. The van der Waals surface area contributed by atoms with Crippen LogP contribution in [0.1, 0.15) is 11.1 Å². The Kier molecular flexibility index (Phi) is 2.70. The van der Waals surface area contributed by atoms with Gasteiger partial charge in [-0.1, -0.05) is 23.8 Å². The Morgan fingerprint density at radius 1 is 0.773 bits per heavy atom. The molecule has 0 aliphatic heterocycles. The van der Waals surface area contributed by atoms with E-state index >= 15 is 0 Å². The van der Waals surface area contributed by atoms with Gasteiger partial charge in [0.25, 0.3) is 5.56 Å². The van der Waals surface area contributed by atoms with Gasteiger partial charge in [0.15, 0.2) is 0 Å². The fraction of sp³-hybridized carbons (Fsp3) is 0.105. The van der Waals surface area contributed by atoms with Gasteiger partial charge < -0.3 is 4.40 Å². The van der Waals surface area contributed by atoms with E-state index in [1.165, 1.54) is 11.1 Å². The molecule has 0 N–H and O–H groups in total. The lowest BCUT2D eigenvalue weighted by molar-refractivity contribution is 1.02. The number of hydrogen-bond donors (Lipinski definition) is 0. The van der Waals surface area contributed by atoms with Gasteiger partial charge in [0.05, 0.1) is 11.0 Å². The summed E-state index contributed by atoms with van der Waals surface area (Å²) in [5, 5.41) is 0. The van der Waals surface area contributed by atoms with E-state index in [9.17, 15) is 4.79 Å². The molecule has 0 radical (unpaired) electrons. The second-order valence-corrected chi connectivity index (χ2v) is 5.73. The van der Waals surface area contributed by atoms with Crippen LogP contribution in [-0.2, 0) is 0 Å². The van der Waals surface area contributed by atoms with Gasteiger partial charge in [-0.15, -0.1) is 0 Å². The zero-order valence-electron chi connectivity index (χ0n) is 12.6. The first-order valence-electron chi connectivity index (χ1n) is 7.35. The van der Waals surface area contributed by atoms with E-state index < -0.39 is 0 Å². The van der Waals surface area contributed by atoms with Crippen molar-refractivity contribution in [3.05, 3.63) is 82.3 Å². The maximum absolute atomic E-state index is 12.9. The highest BCUT2D eigenvalue weighted by molar-refractivity contribution is 5.81. The normalized spacial score (nSPS) is 11.4. The largest absolute Gasteiger partial charge is 0.310 e. The summed E-state index contributed by atoms with van der Waals surface area (Å²) >= 11 is 0. The van der Waals surface area contributed by atoms with Crippen LogP contribution in [0.15, 0.2) is 65.6 Å². The minimum Gasteiger partial charge on any atom is -0.310 e. The van der Waals surface area contributed by atoms with Crippen LogP contribution < -0.4 is 5.56 Å². The second kappa shape index (κ2) is 4.60. The van der Waals surface area contributed by atoms with Gasteiger partial charge in [0, 0.05) is 11.9 Å². The molecule has 0 aliphatic carbocycles. The van der Waals surface area contributed by atoms with Crippen molar-refractivity contribution in [2.45, 2.75) is 13.8 Å². The molecule has 0 saturated heterocycles. The molecule has 0 bridgehead atoms. The number of aromatic nitrogens is 2. The van der Waals surface area contributed by atoms with Gasteiger partial charge in [-0.05, 0) is 55.8 Å². The van der Waals surface area contributed by atoms with E-state index in [4.69, 9.17) is 0 Å². The summed E-state index contributed by atoms with van der Waals surface area (Å²) < 4.78 is 3.76. The Morgan fingerprint density at radius 3 is 2.27 bits per heavy atom. The number of hydrogen-bond acceptors (Lipinski definition) is 1. The number of fused-ring (bicyclic) bond motifs is 3. The first kappa shape index (κ1) is 12.9. The molecule has 2 heterocycles. The Morgan fingerprint density at radius 2 is 1.50 bits per heavy atom. The average Bonchev–Trinajstić information content (AvgIpc) is 3.00. The van der Waals surface area contributed by atoms with Crippen LogP contribution in [0, 0.1) is 13.8 Å². The Bertz CT molecular complexity index is 1050. The first-order valence-corrected chi connectivity index (χ1v) is 7.35. The van der Waals surface area contributed by atoms with Gasteiger partial charge in [-0.3, -0.25) is 9.36 Å². The lowest BCUT2D eigenvalue weighted by Gasteiger charge is -2.13. The fourth-order valence-electron chi connectivity index (χ4n) is 2.95. The highest BCUT2D eigenvalue weighted by Gasteiger charge is 2.11. The second-order valence-electron chi connectivity index (χ2n) is 5.73. The van der Waals surface area contributed by atoms with Crippen LogP contribution in [0.3, 0.4) is 0 Å². The van der Waals surface area contributed by atoms with Crippen molar-refractivity contribution in [2.75, 3.05) is 0 Å². The fourth-order valence-corrected chi connectivity index (χ4v) is 2.95. The molecule has 0 aliphatic rings. The molecule has 0 atom stereocenters. The molecule has 22 heavy (non-hydrogen) atoms. The molecule has 0 spiro atoms. The lowest BCUT2D eigenvalue weighted by Crippen LogP contribution is -2.21. The smallest absolute Gasteiger partial charge is 0.279 e. The van der Waals surface area contributed by atoms with E-state index in [0.717, 1.165) is 16.7 Å². The first-order chi connectivity index (χ1) is 10.6. The highest BCUT2D eigenvalue weighted by atomic mass is 16.1. The minimum absolute atomic E-state index is 0.00482. The molecule has 0 amide bonds. The molecule has 0 saturated carbocycles. The molecule has 0 fully saturated rings. The molecule has 0 unspecified atom stereocenters. The highest BCUT2D eigenvalue weighted by Crippen LogP contribution is 2.20. The van der Waals surface area contributed by atoms with E-state index in [-0.39, 0.29) is 5.56 Å². The molecule has 4 rings (SSSR count). The van der Waals surface area contributed by atoms with Gasteiger partial charge in [-0.25, -0.2) is 0 Å². The number of aryl methyl sites for hydroxylation is 2. The lowest BCUT2D eigenvalue weighted by atomic mass is 10.2. The van der Waals surface area contributed by atoms with Crippen LogP contribution in [-0.4, -0.2) is 8.97 Å². The molecular formula is C19H16N2O. The third-order valence-corrected chi connectivity index (χ3v) is 4.09. The maximum Gasteiger partial charge on any atom is 0.279 e. The summed E-state index contributed by atoms with van der Waals surface area (Å²) in [5.74, 6) is 0. The zero-order valence-corrected chi connectivity index (χ0v) is 12.6. The Balaban J connectivity index is 2.22. The summed E-state index contributed by atoms with van der Waals surface area (Å²) in [7, 11) is 0.